The molecule has 1 fully saturated rings. The highest BCUT2D eigenvalue weighted by atomic mass is 35.5. The third kappa shape index (κ3) is 3.70. The summed E-state index contributed by atoms with van der Waals surface area (Å²) in [5, 5.41) is 0.430. The molecule has 1 aliphatic rings. The molecule has 0 amide bonds. The van der Waals surface area contributed by atoms with Crippen molar-refractivity contribution in [2.45, 2.75) is 25.9 Å². The number of hydrogen-bond acceptors (Lipinski definition) is 3. The van der Waals surface area contributed by atoms with Gasteiger partial charge in [0.05, 0.1) is 0 Å². The Hall–Kier alpha value is -0.680. The first-order valence-electron chi connectivity index (χ1n) is 7.15. The van der Waals surface area contributed by atoms with E-state index >= 15 is 0 Å². The Morgan fingerprint density at radius 3 is 2.25 bits per heavy atom. The fraction of sp³-hybridized carbons (Fsp3) is 0.600. The largest absolute Gasteiger partial charge is 0.329 e. The monoisotopic (exact) mass is 299 g/mol. The van der Waals surface area contributed by atoms with Gasteiger partial charge in [-0.25, -0.2) is 4.39 Å². The van der Waals surface area contributed by atoms with Crippen LogP contribution in [0.5, 0.6) is 0 Å². The first kappa shape index (κ1) is 15.7. The maximum absolute atomic E-state index is 13.5. The lowest BCUT2D eigenvalue weighted by Gasteiger charge is -2.40. The Morgan fingerprint density at radius 1 is 1.15 bits per heavy atom. The van der Waals surface area contributed by atoms with Crippen LogP contribution in [0.15, 0.2) is 18.2 Å². The number of benzene rings is 1. The van der Waals surface area contributed by atoms with Gasteiger partial charge in [0.15, 0.2) is 0 Å². The zero-order chi connectivity index (χ0) is 14.7. The average Bonchev–Trinajstić information content (AvgIpc) is 2.39. The second-order valence-electron chi connectivity index (χ2n) is 5.62. The summed E-state index contributed by atoms with van der Waals surface area (Å²) < 4.78 is 13.5. The first-order chi connectivity index (χ1) is 9.51. The van der Waals surface area contributed by atoms with E-state index in [2.05, 4.69) is 23.6 Å². The van der Waals surface area contributed by atoms with Crippen molar-refractivity contribution in [2.75, 3.05) is 32.7 Å². The summed E-state index contributed by atoms with van der Waals surface area (Å²) in [7, 11) is 0. The molecule has 112 valence electrons. The second-order valence-corrected chi connectivity index (χ2v) is 6.06. The Bertz CT molecular complexity index is 424. The fourth-order valence-electron chi connectivity index (χ4n) is 2.83. The highest BCUT2D eigenvalue weighted by molar-refractivity contribution is 6.30. The maximum atomic E-state index is 13.5. The molecule has 1 aliphatic heterocycles. The van der Waals surface area contributed by atoms with Crippen molar-refractivity contribution >= 4 is 11.6 Å². The van der Waals surface area contributed by atoms with Gasteiger partial charge in [-0.05, 0) is 37.6 Å². The van der Waals surface area contributed by atoms with Crippen molar-refractivity contribution in [1.29, 1.82) is 0 Å². The molecule has 1 aromatic rings. The van der Waals surface area contributed by atoms with Crippen molar-refractivity contribution in [3.8, 4) is 0 Å². The normalized spacial score (nSPS) is 19.5. The smallest absolute Gasteiger partial charge is 0.125 e. The average molecular weight is 300 g/mol. The van der Waals surface area contributed by atoms with Crippen LogP contribution in [-0.2, 0) is 0 Å². The quantitative estimate of drug-likeness (QED) is 0.927. The number of nitrogens with two attached hydrogens (primary N) is 1. The van der Waals surface area contributed by atoms with Crippen molar-refractivity contribution in [2.24, 2.45) is 5.73 Å². The molecule has 2 N–H and O–H groups in total. The lowest BCUT2D eigenvalue weighted by Crippen LogP contribution is -2.50. The number of nitrogens with zero attached hydrogens (tertiary/aromatic N) is 2. The van der Waals surface area contributed by atoms with Crippen LogP contribution in [0.1, 0.15) is 25.5 Å². The highest BCUT2D eigenvalue weighted by Crippen LogP contribution is 2.25. The molecule has 5 heteroatoms. The Morgan fingerprint density at radius 2 is 1.75 bits per heavy atom. The van der Waals surface area contributed by atoms with Crippen molar-refractivity contribution in [1.82, 2.24) is 9.80 Å². The van der Waals surface area contributed by atoms with Crippen LogP contribution < -0.4 is 5.73 Å². The molecule has 0 radical (unpaired) electrons. The minimum absolute atomic E-state index is 0.0394. The van der Waals surface area contributed by atoms with Gasteiger partial charge in [0.2, 0.25) is 0 Å². The van der Waals surface area contributed by atoms with Crippen molar-refractivity contribution < 1.29 is 4.39 Å². The van der Waals surface area contributed by atoms with Gasteiger partial charge in [-0.2, -0.15) is 0 Å². The molecular weight excluding hydrogens is 277 g/mol. The van der Waals surface area contributed by atoms with E-state index in [1.165, 1.54) is 12.1 Å². The Kier molecular flexibility index (Phi) is 5.38. The lowest BCUT2D eigenvalue weighted by molar-refractivity contribution is 0.0801. The van der Waals surface area contributed by atoms with Crippen molar-refractivity contribution in [3.05, 3.63) is 34.6 Å². The summed E-state index contributed by atoms with van der Waals surface area (Å²) in [6.07, 6.45) is 0. The van der Waals surface area contributed by atoms with E-state index in [1.54, 1.807) is 0 Å². The molecular formula is C15H23ClFN3. The molecule has 3 nitrogen and oxygen atoms in total. The zero-order valence-electron chi connectivity index (χ0n) is 12.1. The van der Waals surface area contributed by atoms with Gasteiger partial charge in [0.25, 0.3) is 0 Å². The van der Waals surface area contributed by atoms with E-state index in [1.807, 2.05) is 6.07 Å². The standard InChI is InChI=1S/C15H23ClFN3/c1-11(2)19-3-5-20(6-4-19)15(10-18)12-7-13(16)9-14(17)8-12/h7-9,11,15H,3-6,10,18H2,1-2H3. The topological polar surface area (TPSA) is 32.5 Å². The minimum atomic E-state index is -0.299. The number of piperazine rings is 1. The lowest BCUT2D eigenvalue weighted by atomic mass is 10.0. The van der Waals surface area contributed by atoms with Gasteiger partial charge in [0, 0.05) is 49.8 Å². The summed E-state index contributed by atoms with van der Waals surface area (Å²) in [5.74, 6) is -0.299. The summed E-state index contributed by atoms with van der Waals surface area (Å²) in [6, 6.07) is 5.29. The maximum Gasteiger partial charge on any atom is 0.125 e. The van der Waals surface area contributed by atoms with Crippen LogP contribution in [0.3, 0.4) is 0 Å². The van der Waals surface area contributed by atoms with Crippen LogP contribution >= 0.6 is 11.6 Å². The summed E-state index contributed by atoms with van der Waals surface area (Å²) in [6.45, 7) is 8.85. The Balaban J connectivity index is 2.09. The van der Waals surface area contributed by atoms with Gasteiger partial charge in [-0.3, -0.25) is 9.80 Å². The Labute approximate surface area is 125 Å². The second kappa shape index (κ2) is 6.85. The SMILES string of the molecule is CC(C)N1CCN(C(CN)c2cc(F)cc(Cl)c2)CC1. The van der Waals surface area contributed by atoms with Gasteiger partial charge in [-0.15, -0.1) is 0 Å². The van der Waals surface area contributed by atoms with E-state index in [4.69, 9.17) is 17.3 Å². The predicted octanol–water partition coefficient (Wildman–Crippen LogP) is 2.50. The van der Waals surface area contributed by atoms with E-state index in [0.717, 1.165) is 31.7 Å². The molecule has 0 spiro atoms. The van der Waals surface area contributed by atoms with Crippen LogP contribution in [0.2, 0.25) is 5.02 Å². The molecule has 0 saturated carbocycles. The predicted molar refractivity (Wildman–Crippen MR) is 81.5 cm³/mol. The molecule has 0 aromatic heterocycles. The molecule has 1 atom stereocenters. The fourth-order valence-corrected chi connectivity index (χ4v) is 3.06. The molecule has 0 bridgehead atoms. The van der Waals surface area contributed by atoms with Crippen LogP contribution in [0.25, 0.3) is 0 Å². The van der Waals surface area contributed by atoms with Crippen LogP contribution in [-0.4, -0.2) is 48.6 Å². The summed E-state index contributed by atoms with van der Waals surface area (Å²) in [4.78, 5) is 4.77. The highest BCUT2D eigenvalue weighted by Gasteiger charge is 2.25. The molecule has 20 heavy (non-hydrogen) atoms. The van der Waals surface area contributed by atoms with E-state index in [9.17, 15) is 4.39 Å². The van der Waals surface area contributed by atoms with E-state index in [-0.39, 0.29) is 11.9 Å². The molecule has 2 rings (SSSR count). The van der Waals surface area contributed by atoms with Gasteiger partial charge in [0.1, 0.15) is 5.82 Å². The molecule has 1 unspecified atom stereocenters. The molecule has 1 aromatic carbocycles. The molecule has 0 aliphatic carbocycles. The number of rotatable bonds is 4. The zero-order valence-corrected chi connectivity index (χ0v) is 12.9. The van der Waals surface area contributed by atoms with Gasteiger partial charge < -0.3 is 5.73 Å². The third-order valence-electron chi connectivity index (χ3n) is 4.01. The van der Waals surface area contributed by atoms with Crippen LogP contribution in [0.4, 0.5) is 4.39 Å². The van der Waals surface area contributed by atoms with E-state index < -0.39 is 0 Å². The molecule has 1 heterocycles. The number of halogens is 2. The summed E-state index contributed by atoms with van der Waals surface area (Å²) >= 11 is 5.95. The van der Waals surface area contributed by atoms with Gasteiger partial charge >= 0.3 is 0 Å². The van der Waals surface area contributed by atoms with Crippen molar-refractivity contribution in [3.63, 3.8) is 0 Å². The summed E-state index contributed by atoms with van der Waals surface area (Å²) in [5.41, 5.74) is 6.78. The number of hydrogen-bond donors (Lipinski definition) is 1. The minimum Gasteiger partial charge on any atom is -0.329 e. The first-order valence-corrected chi connectivity index (χ1v) is 7.53. The van der Waals surface area contributed by atoms with E-state index in [0.29, 0.717) is 17.6 Å². The third-order valence-corrected chi connectivity index (χ3v) is 4.23. The van der Waals surface area contributed by atoms with Crippen LogP contribution in [0, 0.1) is 5.82 Å². The van der Waals surface area contributed by atoms with Gasteiger partial charge in [-0.1, -0.05) is 11.6 Å². The molecule has 1 saturated heterocycles.